The number of halogens is 1. The predicted molar refractivity (Wildman–Crippen MR) is 65.4 cm³/mol. The van der Waals surface area contributed by atoms with Crippen molar-refractivity contribution in [2.24, 2.45) is 0 Å². The molecule has 0 saturated carbocycles. The van der Waals surface area contributed by atoms with Crippen LogP contribution in [0.15, 0.2) is 47.2 Å². The summed E-state index contributed by atoms with van der Waals surface area (Å²) in [6.07, 6.45) is 3.19. The summed E-state index contributed by atoms with van der Waals surface area (Å²) >= 11 is 3.28. The molecule has 0 bridgehead atoms. The van der Waals surface area contributed by atoms with Crippen molar-refractivity contribution in [2.45, 2.75) is 0 Å². The van der Waals surface area contributed by atoms with E-state index in [-0.39, 0.29) is 5.56 Å². The molecule has 0 aliphatic carbocycles. The Morgan fingerprint density at radius 2 is 2.06 bits per heavy atom. The first-order chi connectivity index (χ1) is 8.15. The summed E-state index contributed by atoms with van der Waals surface area (Å²) in [5.41, 5.74) is 0.186. The summed E-state index contributed by atoms with van der Waals surface area (Å²) in [6, 6.07) is 8.04. The van der Waals surface area contributed by atoms with E-state index < -0.39 is 5.97 Å². The number of carboxylic acid groups (broad SMARTS) is 1. The fourth-order valence-corrected chi connectivity index (χ4v) is 1.62. The lowest BCUT2D eigenvalue weighted by Gasteiger charge is -2.05. The highest BCUT2D eigenvalue weighted by atomic mass is 79.9. The first-order valence-electron chi connectivity index (χ1n) is 4.77. The third-order valence-corrected chi connectivity index (χ3v) is 2.43. The van der Waals surface area contributed by atoms with Gasteiger partial charge >= 0.3 is 5.97 Å². The van der Waals surface area contributed by atoms with Crippen molar-refractivity contribution < 1.29 is 14.6 Å². The van der Waals surface area contributed by atoms with E-state index in [9.17, 15) is 4.79 Å². The fourth-order valence-electron chi connectivity index (χ4n) is 1.28. The van der Waals surface area contributed by atoms with Crippen molar-refractivity contribution in [2.75, 3.05) is 0 Å². The lowest BCUT2D eigenvalue weighted by atomic mass is 10.2. The maximum atomic E-state index is 10.8. The van der Waals surface area contributed by atoms with Crippen molar-refractivity contribution >= 4 is 21.9 Å². The minimum Gasteiger partial charge on any atom is -0.478 e. The molecule has 0 aliphatic rings. The molecule has 2 rings (SSSR count). The van der Waals surface area contributed by atoms with Gasteiger partial charge in [-0.25, -0.2) is 4.79 Å². The number of carboxylic acids is 1. The first kappa shape index (κ1) is 11.6. The molecule has 0 fully saturated rings. The molecule has 1 N–H and O–H groups in total. The van der Waals surface area contributed by atoms with Crippen LogP contribution in [0.2, 0.25) is 0 Å². The lowest BCUT2D eigenvalue weighted by Crippen LogP contribution is -1.96. The van der Waals surface area contributed by atoms with Crippen LogP contribution in [0.1, 0.15) is 10.4 Å². The molecular formula is C12H8BrNO3. The van der Waals surface area contributed by atoms with Crippen molar-refractivity contribution in [3.63, 3.8) is 0 Å². The average molecular weight is 294 g/mol. The maximum Gasteiger partial charge on any atom is 0.335 e. The predicted octanol–water partition coefficient (Wildman–Crippen LogP) is 3.33. The minimum absolute atomic E-state index is 0.186. The Labute approximate surface area is 106 Å². The number of carbonyl (C=O) groups is 1. The Morgan fingerprint density at radius 1 is 1.24 bits per heavy atom. The zero-order valence-electron chi connectivity index (χ0n) is 8.63. The summed E-state index contributed by atoms with van der Waals surface area (Å²) in [5, 5.41) is 8.84. The van der Waals surface area contributed by atoms with Gasteiger partial charge in [0.1, 0.15) is 11.5 Å². The van der Waals surface area contributed by atoms with E-state index in [0.717, 1.165) is 4.47 Å². The Hall–Kier alpha value is -1.88. The van der Waals surface area contributed by atoms with Gasteiger partial charge < -0.3 is 9.84 Å². The van der Waals surface area contributed by atoms with Gasteiger partial charge in [-0.15, -0.1) is 0 Å². The molecule has 0 saturated heterocycles. The Balaban J connectivity index is 2.24. The highest BCUT2D eigenvalue weighted by Gasteiger charge is 2.04. The van der Waals surface area contributed by atoms with Gasteiger partial charge in [-0.05, 0) is 40.2 Å². The van der Waals surface area contributed by atoms with Crippen molar-refractivity contribution in [3.05, 3.63) is 52.8 Å². The summed E-state index contributed by atoms with van der Waals surface area (Å²) < 4.78 is 6.29. The molecule has 0 spiro atoms. The highest BCUT2D eigenvalue weighted by molar-refractivity contribution is 9.10. The number of rotatable bonds is 3. The maximum absolute atomic E-state index is 10.8. The zero-order chi connectivity index (χ0) is 12.3. The van der Waals surface area contributed by atoms with Crippen LogP contribution >= 0.6 is 15.9 Å². The summed E-state index contributed by atoms with van der Waals surface area (Å²) in [4.78, 5) is 14.7. The number of pyridine rings is 1. The van der Waals surface area contributed by atoms with E-state index in [1.165, 1.54) is 12.1 Å². The topological polar surface area (TPSA) is 59.4 Å². The van der Waals surface area contributed by atoms with Gasteiger partial charge in [-0.2, -0.15) is 0 Å². The largest absolute Gasteiger partial charge is 0.478 e. The molecule has 0 amide bonds. The van der Waals surface area contributed by atoms with E-state index >= 15 is 0 Å². The van der Waals surface area contributed by atoms with Gasteiger partial charge in [-0.3, -0.25) is 4.98 Å². The average Bonchev–Trinajstić information content (AvgIpc) is 2.29. The van der Waals surface area contributed by atoms with Gasteiger partial charge in [0, 0.05) is 10.7 Å². The minimum atomic E-state index is -0.984. The van der Waals surface area contributed by atoms with E-state index in [4.69, 9.17) is 9.84 Å². The Kier molecular flexibility index (Phi) is 3.39. The van der Waals surface area contributed by atoms with E-state index in [1.807, 2.05) is 0 Å². The van der Waals surface area contributed by atoms with Crippen LogP contribution in [0, 0.1) is 0 Å². The van der Waals surface area contributed by atoms with E-state index in [2.05, 4.69) is 20.9 Å². The van der Waals surface area contributed by atoms with Crippen LogP contribution in [-0.2, 0) is 0 Å². The molecule has 0 unspecified atom stereocenters. The van der Waals surface area contributed by atoms with Crippen LogP contribution in [0.25, 0.3) is 0 Å². The molecule has 0 aliphatic heterocycles. The molecule has 17 heavy (non-hydrogen) atoms. The van der Waals surface area contributed by atoms with Gasteiger partial charge in [0.05, 0.1) is 11.8 Å². The number of ether oxygens (including phenoxy) is 1. The number of nitrogens with zero attached hydrogens (tertiary/aromatic N) is 1. The summed E-state index contributed by atoms with van der Waals surface area (Å²) in [7, 11) is 0. The molecule has 0 atom stereocenters. The summed E-state index contributed by atoms with van der Waals surface area (Å²) in [6.45, 7) is 0. The molecule has 86 valence electrons. The Bertz CT molecular complexity index is 557. The van der Waals surface area contributed by atoms with Gasteiger partial charge in [-0.1, -0.05) is 6.07 Å². The molecule has 1 aromatic carbocycles. The quantitative estimate of drug-likeness (QED) is 0.943. The fraction of sp³-hybridized carbons (Fsp3) is 0. The standard InChI is InChI=1S/C12H8BrNO3/c13-9-5-11(7-14-6-9)17-10-3-1-2-8(4-10)12(15)16/h1-7H,(H,15,16). The molecule has 5 heteroatoms. The third kappa shape index (κ3) is 3.04. The van der Waals surface area contributed by atoms with Crippen LogP contribution in [0.5, 0.6) is 11.5 Å². The SMILES string of the molecule is O=C(O)c1cccc(Oc2cncc(Br)c2)c1. The first-order valence-corrected chi connectivity index (χ1v) is 5.56. The number of hydrogen-bond donors (Lipinski definition) is 1. The normalized spacial score (nSPS) is 9.94. The van der Waals surface area contributed by atoms with Crippen LogP contribution in [0.4, 0.5) is 0 Å². The van der Waals surface area contributed by atoms with E-state index in [0.29, 0.717) is 11.5 Å². The number of aromatic carboxylic acids is 1. The number of benzene rings is 1. The van der Waals surface area contributed by atoms with Crippen LogP contribution in [0.3, 0.4) is 0 Å². The Morgan fingerprint density at radius 3 is 2.76 bits per heavy atom. The molecular weight excluding hydrogens is 286 g/mol. The molecule has 2 aromatic rings. The van der Waals surface area contributed by atoms with Gasteiger partial charge in [0.25, 0.3) is 0 Å². The lowest BCUT2D eigenvalue weighted by molar-refractivity contribution is 0.0696. The number of aromatic nitrogens is 1. The smallest absolute Gasteiger partial charge is 0.335 e. The molecule has 4 nitrogen and oxygen atoms in total. The second-order valence-electron chi connectivity index (χ2n) is 3.27. The highest BCUT2D eigenvalue weighted by Crippen LogP contribution is 2.23. The summed E-state index contributed by atoms with van der Waals surface area (Å²) in [5.74, 6) is 0.0227. The second-order valence-corrected chi connectivity index (χ2v) is 4.19. The molecule has 0 radical (unpaired) electrons. The van der Waals surface area contributed by atoms with Gasteiger partial charge in [0.15, 0.2) is 0 Å². The van der Waals surface area contributed by atoms with Crippen LogP contribution in [-0.4, -0.2) is 16.1 Å². The van der Waals surface area contributed by atoms with Crippen molar-refractivity contribution in [1.82, 2.24) is 4.98 Å². The van der Waals surface area contributed by atoms with Crippen molar-refractivity contribution in [1.29, 1.82) is 0 Å². The monoisotopic (exact) mass is 293 g/mol. The van der Waals surface area contributed by atoms with Gasteiger partial charge in [0.2, 0.25) is 0 Å². The third-order valence-electron chi connectivity index (χ3n) is 2.00. The molecule has 1 heterocycles. The van der Waals surface area contributed by atoms with E-state index in [1.54, 1.807) is 30.6 Å². The van der Waals surface area contributed by atoms with Crippen LogP contribution < -0.4 is 4.74 Å². The number of hydrogen-bond acceptors (Lipinski definition) is 3. The molecule has 1 aromatic heterocycles. The second kappa shape index (κ2) is 4.97. The van der Waals surface area contributed by atoms with Crippen molar-refractivity contribution in [3.8, 4) is 11.5 Å². The zero-order valence-corrected chi connectivity index (χ0v) is 10.2.